The predicted octanol–water partition coefficient (Wildman–Crippen LogP) is 5.94. The minimum atomic E-state index is -4.12. The van der Waals surface area contributed by atoms with Crippen molar-refractivity contribution in [3.63, 3.8) is 0 Å². The fraction of sp³-hybridized carbons (Fsp3) is 0.310. The standard InChI is InChI=1S/C29H33BrClN3O4S/c1-20-9-15-26(16-10-20)39(37,38)34(25-13-11-23(30)12-14-25)19-27(35)33(18-22-7-6-8-24(31)17-22)21(2)28(36)32-29(3,4)5/h6-17,21H,18-19H2,1-5H3,(H,32,36)/t21-/m0/s1. The van der Waals surface area contributed by atoms with Crippen LogP contribution < -0.4 is 9.62 Å². The number of rotatable bonds is 9. The molecule has 1 N–H and O–H groups in total. The highest BCUT2D eigenvalue weighted by Gasteiger charge is 2.33. The van der Waals surface area contributed by atoms with E-state index in [1.807, 2.05) is 27.7 Å². The number of hydrogen-bond acceptors (Lipinski definition) is 4. The van der Waals surface area contributed by atoms with Crippen molar-refractivity contribution >= 4 is 55.1 Å². The minimum Gasteiger partial charge on any atom is -0.350 e. The molecule has 0 bridgehead atoms. The van der Waals surface area contributed by atoms with Gasteiger partial charge in [0.1, 0.15) is 12.6 Å². The van der Waals surface area contributed by atoms with Gasteiger partial charge in [0.05, 0.1) is 10.6 Å². The van der Waals surface area contributed by atoms with Crippen molar-refractivity contribution in [3.05, 3.63) is 93.4 Å². The Kier molecular flexibility index (Phi) is 9.85. The lowest BCUT2D eigenvalue weighted by Gasteiger charge is -2.33. The van der Waals surface area contributed by atoms with Crippen molar-refractivity contribution in [2.24, 2.45) is 0 Å². The normalized spacial score (nSPS) is 12.5. The molecule has 0 heterocycles. The second kappa shape index (κ2) is 12.5. The van der Waals surface area contributed by atoms with Crippen LogP contribution in [-0.4, -0.2) is 43.3 Å². The molecule has 3 rings (SSSR count). The van der Waals surface area contributed by atoms with Crippen molar-refractivity contribution < 1.29 is 18.0 Å². The summed E-state index contributed by atoms with van der Waals surface area (Å²) in [6.07, 6.45) is 0. The van der Waals surface area contributed by atoms with Gasteiger partial charge in [0.25, 0.3) is 10.0 Å². The lowest BCUT2D eigenvalue weighted by molar-refractivity contribution is -0.140. The number of hydrogen-bond donors (Lipinski definition) is 1. The number of sulfonamides is 1. The zero-order chi connectivity index (χ0) is 29.0. The zero-order valence-corrected chi connectivity index (χ0v) is 25.8. The quantitative estimate of drug-likeness (QED) is 0.316. The van der Waals surface area contributed by atoms with Crippen LogP contribution in [-0.2, 0) is 26.2 Å². The molecule has 208 valence electrons. The number of carbonyl (C=O) groups is 2. The monoisotopic (exact) mass is 633 g/mol. The van der Waals surface area contributed by atoms with E-state index in [-0.39, 0.29) is 17.3 Å². The van der Waals surface area contributed by atoms with E-state index in [0.29, 0.717) is 16.3 Å². The Labute approximate surface area is 244 Å². The first-order valence-corrected chi connectivity index (χ1v) is 15.0. The SMILES string of the molecule is Cc1ccc(S(=O)(=O)N(CC(=O)N(Cc2cccc(Cl)c2)[C@@H](C)C(=O)NC(C)(C)C)c2ccc(Br)cc2)cc1. The number of carbonyl (C=O) groups excluding carboxylic acids is 2. The van der Waals surface area contributed by atoms with Gasteiger partial charge in [-0.3, -0.25) is 13.9 Å². The summed E-state index contributed by atoms with van der Waals surface area (Å²) in [5.41, 5.74) is 1.42. The summed E-state index contributed by atoms with van der Waals surface area (Å²) in [6, 6.07) is 19.2. The van der Waals surface area contributed by atoms with Crippen LogP contribution >= 0.6 is 27.5 Å². The van der Waals surface area contributed by atoms with Gasteiger partial charge in [-0.05, 0) is 88.7 Å². The van der Waals surface area contributed by atoms with Gasteiger partial charge in [-0.25, -0.2) is 8.42 Å². The number of halogens is 2. The summed E-state index contributed by atoms with van der Waals surface area (Å²) in [7, 11) is -4.12. The molecule has 0 aliphatic heterocycles. The number of nitrogens with zero attached hydrogens (tertiary/aromatic N) is 2. The molecule has 7 nitrogen and oxygen atoms in total. The van der Waals surface area contributed by atoms with E-state index in [4.69, 9.17) is 11.6 Å². The molecule has 39 heavy (non-hydrogen) atoms. The molecule has 3 aromatic carbocycles. The van der Waals surface area contributed by atoms with Gasteiger partial charge in [-0.2, -0.15) is 0 Å². The topological polar surface area (TPSA) is 86.8 Å². The Morgan fingerprint density at radius 1 is 1.00 bits per heavy atom. The van der Waals surface area contributed by atoms with Gasteiger partial charge in [0, 0.05) is 21.6 Å². The average molecular weight is 635 g/mol. The van der Waals surface area contributed by atoms with E-state index in [0.717, 1.165) is 14.3 Å². The summed E-state index contributed by atoms with van der Waals surface area (Å²) >= 11 is 9.55. The van der Waals surface area contributed by atoms with E-state index < -0.39 is 34.1 Å². The maximum Gasteiger partial charge on any atom is 0.264 e. The molecule has 3 aromatic rings. The Balaban J connectivity index is 2.03. The van der Waals surface area contributed by atoms with Crippen molar-refractivity contribution in [1.82, 2.24) is 10.2 Å². The van der Waals surface area contributed by atoms with Gasteiger partial charge in [0.15, 0.2) is 0 Å². The van der Waals surface area contributed by atoms with E-state index in [9.17, 15) is 18.0 Å². The van der Waals surface area contributed by atoms with Crippen molar-refractivity contribution in [3.8, 4) is 0 Å². The molecular weight excluding hydrogens is 602 g/mol. The van der Waals surface area contributed by atoms with Crippen LogP contribution in [0.4, 0.5) is 5.69 Å². The molecule has 0 fully saturated rings. The number of aryl methyl sites for hydroxylation is 1. The molecule has 0 aromatic heterocycles. The van der Waals surface area contributed by atoms with E-state index in [1.165, 1.54) is 17.0 Å². The summed E-state index contributed by atoms with van der Waals surface area (Å²) in [5.74, 6) is -0.889. The van der Waals surface area contributed by atoms with Crippen LogP contribution in [0.25, 0.3) is 0 Å². The number of nitrogens with one attached hydrogen (secondary N) is 1. The van der Waals surface area contributed by atoms with Crippen LogP contribution in [0.2, 0.25) is 5.02 Å². The highest BCUT2D eigenvalue weighted by molar-refractivity contribution is 9.10. The van der Waals surface area contributed by atoms with Gasteiger partial charge in [-0.15, -0.1) is 0 Å². The third-order valence-electron chi connectivity index (χ3n) is 5.91. The molecular formula is C29H33BrClN3O4S. The average Bonchev–Trinajstić information content (AvgIpc) is 2.85. The Bertz CT molecular complexity index is 1420. The highest BCUT2D eigenvalue weighted by Crippen LogP contribution is 2.26. The van der Waals surface area contributed by atoms with Crippen LogP contribution in [0, 0.1) is 6.92 Å². The second-order valence-corrected chi connectivity index (χ2v) is 13.6. The molecule has 0 radical (unpaired) electrons. The van der Waals surface area contributed by atoms with E-state index >= 15 is 0 Å². The lowest BCUT2D eigenvalue weighted by Crippen LogP contribution is -2.54. The largest absolute Gasteiger partial charge is 0.350 e. The first-order valence-electron chi connectivity index (χ1n) is 12.4. The Morgan fingerprint density at radius 3 is 2.18 bits per heavy atom. The number of anilines is 1. The zero-order valence-electron chi connectivity index (χ0n) is 22.6. The Morgan fingerprint density at radius 2 is 1.62 bits per heavy atom. The molecule has 0 unspecified atom stereocenters. The maximum atomic E-state index is 13.9. The van der Waals surface area contributed by atoms with E-state index in [1.54, 1.807) is 67.6 Å². The number of amides is 2. The van der Waals surface area contributed by atoms with Crippen molar-refractivity contribution in [2.45, 2.75) is 57.6 Å². The molecule has 0 saturated heterocycles. The molecule has 0 aliphatic carbocycles. The van der Waals surface area contributed by atoms with Crippen LogP contribution in [0.3, 0.4) is 0 Å². The highest BCUT2D eigenvalue weighted by atomic mass is 79.9. The summed E-state index contributed by atoms with van der Waals surface area (Å²) in [5, 5.41) is 3.40. The fourth-order valence-corrected chi connectivity index (χ4v) is 5.75. The molecule has 1 atom stereocenters. The Hall–Kier alpha value is -2.88. The number of benzene rings is 3. The third kappa shape index (κ3) is 8.30. The maximum absolute atomic E-state index is 13.9. The first-order chi connectivity index (χ1) is 18.2. The molecule has 10 heteroatoms. The fourth-order valence-electron chi connectivity index (χ4n) is 3.86. The third-order valence-corrected chi connectivity index (χ3v) is 8.46. The minimum absolute atomic E-state index is 0.0590. The van der Waals surface area contributed by atoms with Crippen molar-refractivity contribution in [1.29, 1.82) is 0 Å². The smallest absolute Gasteiger partial charge is 0.264 e. The van der Waals surface area contributed by atoms with Crippen LogP contribution in [0.1, 0.15) is 38.8 Å². The summed E-state index contributed by atoms with van der Waals surface area (Å²) < 4.78 is 29.5. The first kappa shape index (κ1) is 30.7. The van der Waals surface area contributed by atoms with Gasteiger partial charge in [-0.1, -0.05) is 57.4 Å². The van der Waals surface area contributed by atoms with E-state index in [2.05, 4.69) is 21.2 Å². The summed E-state index contributed by atoms with van der Waals surface area (Å²) in [6.45, 7) is 8.60. The second-order valence-electron chi connectivity index (χ2n) is 10.4. The molecule has 0 saturated carbocycles. The van der Waals surface area contributed by atoms with Crippen molar-refractivity contribution in [2.75, 3.05) is 10.8 Å². The lowest BCUT2D eigenvalue weighted by atomic mass is 10.1. The predicted molar refractivity (Wildman–Crippen MR) is 159 cm³/mol. The van der Waals surface area contributed by atoms with Gasteiger partial charge < -0.3 is 10.2 Å². The van der Waals surface area contributed by atoms with Crippen LogP contribution in [0.5, 0.6) is 0 Å². The molecule has 2 amide bonds. The molecule has 0 spiro atoms. The van der Waals surface area contributed by atoms with Gasteiger partial charge in [0.2, 0.25) is 11.8 Å². The van der Waals surface area contributed by atoms with Gasteiger partial charge >= 0.3 is 0 Å². The summed E-state index contributed by atoms with van der Waals surface area (Å²) in [4.78, 5) is 28.5. The molecule has 0 aliphatic rings. The van der Waals surface area contributed by atoms with Crippen LogP contribution in [0.15, 0.2) is 82.2 Å².